The maximum Gasteiger partial charge on any atom is 0.277 e. The summed E-state index contributed by atoms with van der Waals surface area (Å²) in [5, 5.41) is 2.30. The van der Waals surface area contributed by atoms with Crippen molar-refractivity contribution >= 4 is 34.3 Å². The van der Waals surface area contributed by atoms with Gasteiger partial charge >= 0.3 is 0 Å². The molecule has 3 aromatic carbocycles. The average Bonchev–Trinajstić information content (AvgIpc) is 3.53. The fraction of sp³-hybridized carbons (Fsp3) is 0.378. The van der Waals surface area contributed by atoms with Crippen molar-refractivity contribution < 1.29 is 46.1 Å². The lowest BCUT2D eigenvalue weighted by molar-refractivity contribution is -0.0200. The third kappa shape index (κ3) is 10.5. The highest BCUT2D eigenvalue weighted by Crippen LogP contribution is 2.28. The molecule has 1 saturated heterocycles. The Morgan fingerprint density at radius 3 is 2.27 bits per heavy atom. The molecule has 55 heavy (non-hydrogen) atoms. The molecule has 18 heteroatoms. The van der Waals surface area contributed by atoms with Crippen molar-refractivity contribution in [3.05, 3.63) is 95.1 Å². The number of nitrogens with zero attached hydrogens (tertiary/aromatic N) is 6. The SMILES string of the molecule is Cc1nc2ccccc2n1-c1nc(CCCOCCOCCOCCONC(=O)c2ccc(F)c(F)c2Nc2ccc(F)cc2F)nc(N2CCOCC2)n1. The third-order valence-corrected chi connectivity index (χ3v) is 8.34. The smallest absolute Gasteiger partial charge is 0.277 e. The van der Waals surface area contributed by atoms with Gasteiger partial charge < -0.3 is 29.2 Å². The van der Waals surface area contributed by atoms with E-state index in [2.05, 4.69) is 20.7 Å². The molecule has 6 rings (SSSR count). The lowest BCUT2D eigenvalue weighted by atomic mass is 10.1. The van der Waals surface area contributed by atoms with E-state index in [4.69, 9.17) is 38.7 Å². The van der Waals surface area contributed by atoms with E-state index in [1.807, 2.05) is 35.8 Å². The summed E-state index contributed by atoms with van der Waals surface area (Å²) >= 11 is 0. The summed E-state index contributed by atoms with van der Waals surface area (Å²) in [6.07, 6.45) is 1.28. The zero-order chi connectivity index (χ0) is 38.6. The molecular weight excluding hydrogens is 728 g/mol. The van der Waals surface area contributed by atoms with Crippen molar-refractivity contribution in [3.8, 4) is 5.95 Å². The van der Waals surface area contributed by atoms with Crippen LogP contribution >= 0.6 is 0 Å². The number of carbonyl (C=O) groups excluding carboxylic acids is 1. The zero-order valence-electron chi connectivity index (χ0n) is 30.0. The first-order valence-corrected chi connectivity index (χ1v) is 17.7. The number of carbonyl (C=O) groups is 1. The number of aromatic nitrogens is 5. The van der Waals surface area contributed by atoms with E-state index in [1.165, 1.54) is 0 Å². The van der Waals surface area contributed by atoms with Gasteiger partial charge in [0.25, 0.3) is 5.91 Å². The minimum atomic E-state index is -1.42. The molecule has 0 bridgehead atoms. The fourth-order valence-corrected chi connectivity index (χ4v) is 5.64. The van der Waals surface area contributed by atoms with Crippen molar-refractivity contribution in [1.29, 1.82) is 0 Å². The van der Waals surface area contributed by atoms with Crippen LogP contribution in [0.3, 0.4) is 0 Å². The van der Waals surface area contributed by atoms with Crippen LogP contribution in [0.1, 0.15) is 28.4 Å². The molecule has 0 aliphatic carbocycles. The van der Waals surface area contributed by atoms with Crippen molar-refractivity contribution in [2.45, 2.75) is 19.8 Å². The van der Waals surface area contributed by atoms with Gasteiger partial charge in [0.05, 0.1) is 80.8 Å². The lowest BCUT2D eigenvalue weighted by Crippen LogP contribution is -2.37. The predicted molar refractivity (Wildman–Crippen MR) is 192 cm³/mol. The van der Waals surface area contributed by atoms with Crippen LogP contribution in [0.15, 0.2) is 54.6 Å². The first-order chi connectivity index (χ1) is 26.8. The number of hydrogen-bond acceptors (Lipinski definition) is 12. The molecule has 1 aliphatic heterocycles. The Hall–Kier alpha value is -5.27. The Morgan fingerprint density at radius 2 is 1.51 bits per heavy atom. The van der Waals surface area contributed by atoms with Gasteiger partial charge in [-0.2, -0.15) is 15.0 Å². The summed E-state index contributed by atoms with van der Waals surface area (Å²) in [6.45, 7) is 6.31. The topological polar surface area (TPSA) is 147 Å². The number of fused-ring (bicyclic) bond motifs is 1. The maximum absolute atomic E-state index is 14.5. The van der Waals surface area contributed by atoms with Gasteiger partial charge in [0.2, 0.25) is 11.9 Å². The Kier molecular flexibility index (Phi) is 13.9. The number of halogens is 4. The second kappa shape index (κ2) is 19.4. The summed E-state index contributed by atoms with van der Waals surface area (Å²) in [7, 11) is 0. The number of benzene rings is 3. The minimum Gasteiger partial charge on any atom is -0.379 e. The fourth-order valence-electron chi connectivity index (χ4n) is 5.64. The molecule has 0 radical (unpaired) electrons. The van der Waals surface area contributed by atoms with Crippen LogP contribution in [0.5, 0.6) is 0 Å². The summed E-state index contributed by atoms with van der Waals surface area (Å²) in [6, 6.07) is 12.1. The molecule has 0 spiro atoms. The van der Waals surface area contributed by atoms with Gasteiger partial charge in [-0.3, -0.25) is 14.2 Å². The summed E-state index contributed by atoms with van der Waals surface area (Å²) in [5.74, 6) is -2.96. The van der Waals surface area contributed by atoms with Gasteiger partial charge in [0.15, 0.2) is 11.6 Å². The second-order valence-electron chi connectivity index (χ2n) is 12.2. The van der Waals surface area contributed by atoms with Crippen LogP contribution in [-0.4, -0.2) is 103 Å². The Balaban J connectivity index is 0.862. The molecule has 2 N–H and O–H groups in total. The number of aryl methyl sites for hydroxylation is 2. The number of imidazole rings is 1. The van der Waals surface area contributed by atoms with Crippen molar-refractivity contribution in [3.63, 3.8) is 0 Å². The molecule has 5 aromatic rings. The number of anilines is 3. The molecule has 292 valence electrons. The number of morpholine rings is 1. The third-order valence-electron chi connectivity index (χ3n) is 8.34. The molecule has 2 aromatic heterocycles. The number of hydrogen-bond donors (Lipinski definition) is 2. The average molecular weight is 769 g/mol. The first kappa shape index (κ1) is 39.4. The number of amides is 1. The van der Waals surface area contributed by atoms with E-state index in [0.717, 1.165) is 41.1 Å². The molecular formula is C37H40F4N8O6. The predicted octanol–water partition coefficient (Wildman–Crippen LogP) is 5.00. The van der Waals surface area contributed by atoms with Gasteiger partial charge in [-0.05, 0) is 49.7 Å². The largest absolute Gasteiger partial charge is 0.379 e. The Morgan fingerprint density at radius 1 is 0.800 bits per heavy atom. The molecule has 1 aliphatic rings. The van der Waals surface area contributed by atoms with Gasteiger partial charge in [0, 0.05) is 32.2 Å². The highest BCUT2D eigenvalue weighted by molar-refractivity contribution is 6.00. The molecule has 1 fully saturated rings. The number of nitrogens with one attached hydrogen (secondary N) is 2. The summed E-state index contributed by atoms with van der Waals surface area (Å²) < 4.78 is 80.0. The highest BCUT2D eigenvalue weighted by Gasteiger charge is 2.22. The maximum atomic E-state index is 14.5. The molecule has 0 saturated carbocycles. The quantitative estimate of drug-likeness (QED) is 0.0663. The molecule has 14 nitrogen and oxygen atoms in total. The number of hydroxylamine groups is 1. The van der Waals surface area contributed by atoms with E-state index >= 15 is 0 Å². The number of rotatable bonds is 19. The monoisotopic (exact) mass is 768 g/mol. The number of ether oxygens (including phenoxy) is 4. The van der Waals surface area contributed by atoms with E-state index in [0.29, 0.717) is 89.4 Å². The van der Waals surface area contributed by atoms with Gasteiger partial charge in [-0.15, -0.1) is 0 Å². The van der Waals surface area contributed by atoms with Crippen LogP contribution in [-0.2, 0) is 30.2 Å². The summed E-state index contributed by atoms with van der Waals surface area (Å²) in [5.41, 5.74) is 2.52. The Bertz CT molecular complexity index is 2070. The minimum absolute atomic E-state index is 0.0664. The van der Waals surface area contributed by atoms with Crippen molar-refractivity contribution in [2.24, 2.45) is 0 Å². The van der Waals surface area contributed by atoms with E-state index in [9.17, 15) is 22.4 Å². The molecule has 0 unspecified atom stereocenters. The zero-order valence-corrected chi connectivity index (χ0v) is 30.0. The molecule has 3 heterocycles. The highest BCUT2D eigenvalue weighted by atomic mass is 19.2. The number of para-hydroxylation sites is 2. The van der Waals surface area contributed by atoms with Crippen molar-refractivity contribution in [1.82, 2.24) is 30.0 Å². The lowest BCUT2D eigenvalue weighted by Gasteiger charge is -2.27. The normalized spacial score (nSPS) is 13.1. The standard InChI is InChI=1S/C37H40F4N8O6/c1-24-42-30-5-2-3-6-31(30)49(24)37-45-32(44-36(46-37)48-12-15-52-16-13-48)7-4-14-51-17-18-53-19-20-54-21-22-55-47-35(50)26-9-10-27(39)33(41)34(26)43-29-11-8-25(38)23-28(29)40/h2-3,5-6,8-11,23,43H,4,7,12-22H2,1H3,(H,47,50). The van der Waals surface area contributed by atoms with Crippen LogP contribution in [0.25, 0.3) is 17.0 Å². The van der Waals surface area contributed by atoms with Gasteiger partial charge in [-0.25, -0.2) is 28.0 Å². The molecule has 0 atom stereocenters. The van der Waals surface area contributed by atoms with Crippen LogP contribution in [0, 0.1) is 30.2 Å². The van der Waals surface area contributed by atoms with Crippen LogP contribution < -0.4 is 15.7 Å². The van der Waals surface area contributed by atoms with Gasteiger partial charge in [-0.1, -0.05) is 12.1 Å². The Labute approximate surface area is 313 Å². The van der Waals surface area contributed by atoms with Crippen LogP contribution in [0.2, 0.25) is 0 Å². The second-order valence-corrected chi connectivity index (χ2v) is 12.2. The molecule has 1 amide bonds. The first-order valence-electron chi connectivity index (χ1n) is 17.7. The van der Waals surface area contributed by atoms with E-state index in [-0.39, 0.29) is 31.1 Å². The summed E-state index contributed by atoms with van der Waals surface area (Å²) in [4.78, 5) is 38.8. The van der Waals surface area contributed by atoms with Gasteiger partial charge in [0.1, 0.15) is 23.3 Å². The van der Waals surface area contributed by atoms with Crippen molar-refractivity contribution in [2.75, 3.05) is 82.8 Å². The van der Waals surface area contributed by atoms with Crippen LogP contribution in [0.4, 0.5) is 34.9 Å². The van der Waals surface area contributed by atoms with E-state index in [1.54, 1.807) is 0 Å². The van der Waals surface area contributed by atoms with E-state index < -0.39 is 34.9 Å².